The van der Waals surface area contributed by atoms with Gasteiger partial charge in [0.15, 0.2) is 0 Å². The van der Waals surface area contributed by atoms with E-state index in [4.69, 9.17) is 9.47 Å². The molecule has 0 bridgehead atoms. The molecule has 1 fully saturated rings. The van der Waals surface area contributed by atoms with Crippen molar-refractivity contribution in [2.45, 2.75) is 38.8 Å². The summed E-state index contributed by atoms with van der Waals surface area (Å²) in [5.41, 5.74) is 2.11. The van der Waals surface area contributed by atoms with Crippen LogP contribution in [0.15, 0.2) is 6.33 Å². The number of nitrogens with one attached hydrogen (secondary N) is 1. The SMILES string of the molecule is CC(C)[C@@H]1c2[nH]cnc2CCN1C(=O)O[C@H]1CCOC1. The molecule has 0 unspecified atom stereocenters. The van der Waals surface area contributed by atoms with E-state index in [1.54, 1.807) is 6.33 Å². The Hall–Kier alpha value is -1.56. The summed E-state index contributed by atoms with van der Waals surface area (Å²) in [7, 11) is 0. The number of ether oxygens (including phenoxy) is 2. The molecule has 2 aliphatic rings. The lowest BCUT2D eigenvalue weighted by molar-refractivity contribution is 0.0344. The number of aromatic nitrogens is 2. The summed E-state index contributed by atoms with van der Waals surface area (Å²) in [6.45, 7) is 6.07. The zero-order valence-corrected chi connectivity index (χ0v) is 12.0. The third-order valence-electron chi connectivity index (χ3n) is 3.99. The van der Waals surface area contributed by atoms with Gasteiger partial charge in [0, 0.05) is 19.4 Å². The number of hydrogen-bond donors (Lipinski definition) is 1. The van der Waals surface area contributed by atoms with Crippen LogP contribution in [0.2, 0.25) is 0 Å². The van der Waals surface area contributed by atoms with E-state index in [0.717, 1.165) is 24.2 Å². The smallest absolute Gasteiger partial charge is 0.410 e. The van der Waals surface area contributed by atoms with E-state index in [1.165, 1.54) is 0 Å². The van der Waals surface area contributed by atoms with Crippen molar-refractivity contribution in [3.05, 3.63) is 17.7 Å². The number of fused-ring (bicyclic) bond motifs is 1. The van der Waals surface area contributed by atoms with Gasteiger partial charge in [0.05, 0.1) is 37.0 Å². The van der Waals surface area contributed by atoms with Crippen molar-refractivity contribution in [3.8, 4) is 0 Å². The fourth-order valence-electron chi connectivity index (χ4n) is 3.02. The van der Waals surface area contributed by atoms with Gasteiger partial charge in [-0.15, -0.1) is 0 Å². The van der Waals surface area contributed by atoms with Crippen LogP contribution >= 0.6 is 0 Å². The molecule has 2 aliphatic heterocycles. The van der Waals surface area contributed by atoms with Crippen LogP contribution in [0.4, 0.5) is 4.79 Å². The summed E-state index contributed by atoms with van der Waals surface area (Å²) in [6.07, 6.45) is 2.94. The van der Waals surface area contributed by atoms with Crippen LogP contribution < -0.4 is 0 Å². The number of hydrogen-bond acceptors (Lipinski definition) is 4. The first-order chi connectivity index (χ1) is 9.66. The number of carbonyl (C=O) groups excluding carboxylic acids is 1. The molecular formula is C14H21N3O3. The highest BCUT2D eigenvalue weighted by molar-refractivity contribution is 5.69. The number of imidazole rings is 1. The van der Waals surface area contributed by atoms with E-state index >= 15 is 0 Å². The van der Waals surface area contributed by atoms with E-state index in [0.29, 0.717) is 25.7 Å². The average Bonchev–Trinajstić information content (AvgIpc) is 3.06. The van der Waals surface area contributed by atoms with Crippen LogP contribution in [0.3, 0.4) is 0 Å². The van der Waals surface area contributed by atoms with Crippen molar-refractivity contribution in [2.24, 2.45) is 5.92 Å². The molecule has 0 saturated carbocycles. The monoisotopic (exact) mass is 279 g/mol. The van der Waals surface area contributed by atoms with Crippen LogP contribution in [-0.2, 0) is 15.9 Å². The second kappa shape index (κ2) is 5.44. The molecule has 110 valence electrons. The van der Waals surface area contributed by atoms with Gasteiger partial charge < -0.3 is 14.5 Å². The highest BCUT2D eigenvalue weighted by Gasteiger charge is 2.36. The Balaban J connectivity index is 1.76. The molecule has 6 heteroatoms. The van der Waals surface area contributed by atoms with Crippen molar-refractivity contribution in [1.29, 1.82) is 0 Å². The topological polar surface area (TPSA) is 67.5 Å². The first kappa shape index (κ1) is 13.4. The van der Waals surface area contributed by atoms with Gasteiger partial charge in [-0.3, -0.25) is 4.90 Å². The zero-order valence-electron chi connectivity index (χ0n) is 12.0. The molecule has 0 aromatic carbocycles. The number of rotatable bonds is 2. The number of H-pyrrole nitrogens is 1. The lowest BCUT2D eigenvalue weighted by Gasteiger charge is -2.37. The molecule has 1 N–H and O–H groups in total. The third-order valence-corrected chi connectivity index (χ3v) is 3.99. The maximum Gasteiger partial charge on any atom is 0.410 e. The number of carbonyl (C=O) groups is 1. The standard InChI is InChI=1S/C14H21N3O3/c1-9(2)13-12-11(15-8-16-12)3-5-17(13)14(18)20-10-4-6-19-7-10/h8-10,13H,3-7H2,1-2H3,(H,15,16)/t10-,13+/m0/s1. The molecule has 0 spiro atoms. The van der Waals surface area contributed by atoms with E-state index in [-0.39, 0.29) is 18.2 Å². The van der Waals surface area contributed by atoms with Gasteiger partial charge in [-0.1, -0.05) is 13.8 Å². The first-order valence-corrected chi connectivity index (χ1v) is 7.24. The Kier molecular flexibility index (Phi) is 3.65. The van der Waals surface area contributed by atoms with E-state index in [9.17, 15) is 4.79 Å². The predicted octanol–water partition coefficient (Wildman–Crippen LogP) is 1.89. The minimum absolute atomic E-state index is 0.0103. The van der Waals surface area contributed by atoms with Crippen LogP contribution in [0.1, 0.15) is 37.7 Å². The highest BCUT2D eigenvalue weighted by Crippen LogP contribution is 2.33. The van der Waals surface area contributed by atoms with Gasteiger partial charge >= 0.3 is 6.09 Å². The molecule has 0 radical (unpaired) electrons. The fraction of sp³-hybridized carbons (Fsp3) is 0.714. The number of amides is 1. The second-order valence-corrected chi connectivity index (χ2v) is 5.76. The van der Waals surface area contributed by atoms with Crippen molar-refractivity contribution < 1.29 is 14.3 Å². The second-order valence-electron chi connectivity index (χ2n) is 5.76. The Morgan fingerprint density at radius 1 is 1.60 bits per heavy atom. The van der Waals surface area contributed by atoms with E-state index < -0.39 is 0 Å². The zero-order chi connectivity index (χ0) is 14.1. The van der Waals surface area contributed by atoms with Crippen molar-refractivity contribution >= 4 is 6.09 Å². The predicted molar refractivity (Wildman–Crippen MR) is 72.3 cm³/mol. The summed E-state index contributed by atoms with van der Waals surface area (Å²) >= 11 is 0. The first-order valence-electron chi connectivity index (χ1n) is 7.24. The number of aromatic amines is 1. The summed E-state index contributed by atoms with van der Waals surface area (Å²) in [5, 5.41) is 0. The molecule has 1 saturated heterocycles. The van der Waals surface area contributed by atoms with Gasteiger partial charge in [0.25, 0.3) is 0 Å². The van der Waals surface area contributed by atoms with Crippen LogP contribution in [0.25, 0.3) is 0 Å². The van der Waals surface area contributed by atoms with Crippen LogP contribution in [0, 0.1) is 5.92 Å². The molecule has 1 aromatic heterocycles. The number of nitrogens with zero attached hydrogens (tertiary/aromatic N) is 2. The van der Waals surface area contributed by atoms with Crippen molar-refractivity contribution in [1.82, 2.24) is 14.9 Å². The van der Waals surface area contributed by atoms with E-state index in [2.05, 4.69) is 23.8 Å². The Morgan fingerprint density at radius 2 is 2.45 bits per heavy atom. The van der Waals surface area contributed by atoms with Gasteiger partial charge in [-0.2, -0.15) is 0 Å². The molecule has 1 amide bonds. The third kappa shape index (κ3) is 2.40. The maximum atomic E-state index is 12.4. The van der Waals surface area contributed by atoms with Gasteiger partial charge in [-0.05, 0) is 5.92 Å². The molecule has 3 heterocycles. The minimum Gasteiger partial charge on any atom is -0.444 e. The fourth-order valence-corrected chi connectivity index (χ4v) is 3.02. The summed E-state index contributed by atoms with van der Waals surface area (Å²) in [6, 6.07) is 0.0103. The normalized spacial score (nSPS) is 25.9. The molecule has 3 rings (SSSR count). The van der Waals surface area contributed by atoms with Crippen LogP contribution in [-0.4, -0.2) is 46.8 Å². The molecule has 20 heavy (non-hydrogen) atoms. The van der Waals surface area contributed by atoms with Crippen LogP contribution in [0.5, 0.6) is 0 Å². The summed E-state index contributed by atoms with van der Waals surface area (Å²) in [5.74, 6) is 0.307. The quantitative estimate of drug-likeness (QED) is 0.897. The maximum absolute atomic E-state index is 12.4. The largest absolute Gasteiger partial charge is 0.444 e. The molecule has 2 atom stereocenters. The van der Waals surface area contributed by atoms with Gasteiger partial charge in [0.1, 0.15) is 6.10 Å². The Labute approximate surface area is 118 Å². The molecule has 0 aliphatic carbocycles. The Bertz CT molecular complexity index is 480. The lowest BCUT2D eigenvalue weighted by atomic mass is 9.94. The average molecular weight is 279 g/mol. The Morgan fingerprint density at radius 3 is 3.15 bits per heavy atom. The van der Waals surface area contributed by atoms with Crippen molar-refractivity contribution in [3.63, 3.8) is 0 Å². The van der Waals surface area contributed by atoms with Gasteiger partial charge in [0.2, 0.25) is 0 Å². The minimum atomic E-state index is -0.237. The van der Waals surface area contributed by atoms with E-state index in [1.807, 2.05) is 4.90 Å². The molecular weight excluding hydrogens is 258 g/mol. The van der Waals surface area contributed by atoms with Gasteiger partial charge in [-0.25, -0.2) is 9.78 Å². The van der Waals surface area contributed by atoms with Crippen molar-refractivity contribution in [2.75, 3.05) is 19.8 Å². The molecule has 6 nitrogen and oxygen atoms in total. The summed E-state index contributed by atoms with van der Waals surface area (Å²) < 4.78 is 10.8. The summed E-state index contributed by atoms with van der Waals surface area (Å²) in [4.78, 5) is 21.8. The lowest BCUT2D eigenvalue weighted by Crippen LogP contribution is -2.43. The molecule has 1 aromatic rings. The highest BCUT2D eigenvalue weighted by atomic mass is 16.6.